The Morgan fingerprint density at radius 1 is 1.33 bits per heavy atom. The third-order valence-corrected chi connectivity index (χ3v) is 4.99. The second-order valence-electron chi connectivity index (χ2n) is 7.34. The van der Waals surface area contributed by atoms with E-state index in [1.165, 1.54) is 19.9 Å². The molecule has 0 spiro atoms. The monoisotopic (exact) mass is 418 g/mol. The van der Waals surface area contributed by atoms with Gasteiger partial charge in [0.05, 0.1) is 5.92 Å². The predicted molar refractivity (Wildman–Crippen MR) is 106 cm³/mol. The molecular formula is C22H26O8. The minimum Gasteiger partial charge on any atom is -0.478 e. The number of allylic oxidation sites excluding steroid dienone is 2. The first-order chi connectivity index (χ1) is 14.1. The summed E-state index contributed by atoms with van der Waals surface area (Å²) >= 11 is 0. The average Bonchev–Trinajstić information content (AvgIpc) is 2.92. The van der Waals surface area contributed by atoms with Gasteiger partial charge < -0.3 is 19.3 Å². The highest BCUT2D eigenvalue weighted by Gasteiger charge is 2.45. The lowest BCUT2D eigenvalue weighted by Gasteiger charge is -2.27. The van der Waals surface area contributed by atoms with Crippen molar-refractivity contribution in [3.63, 3.8) is 0 Å². The van der Waals surface area contributed by atoms with Crippen molar-refractivity contribution in [2.24, 2.45) is 5.92 Å². The van der Waals surface area contributed by atoms with Gasteiger partial charge in [0.25, 0.3) is 0 Å². The zero-order chi connectivity index (χ0) is 22.4. The zero-order valence-corrected chi connectivity index (χ0v) is 17.3. The minimum absolute atomic E-state index is 0.0925. The summed E-state index contributed by atoms with van der Waals surface area (Å²) in [4.78, 5) is 47.3. The molecule has 0 saturated carbocycles. The Labute approximate surface area is 174 Å². The van der Waals surface area contributed by atoms with E-state index in [1.807, 2.05) is 6.92 Å². The van der Waals surface area contributed by atoms with Gasteiger partial charge in [0, 0.05) is 30.1 Å². The molecule has 8 heteroatoms. The number of carboxylic acids is 1. The normalized spacial score (nSPS) is 24.8. The highest BCUT2D eigenvalue weighted by Crippen LogP contribution is 2.36. The third-order valence-electron chi connectivity index (χ3n) is 4.99. The number of carbonyl (C=O) groups excluding carboxylic acids is 3. The fourth-order valence-corrected chi connectivity index (χ4v) is 3.33. The van der Waals surface area contributed by atoms with Crippen molar-refractivity contribution in [1.82, 2.24) is 0 Å². The predicted octanol–water partition coefficient (Wildman–Crippen LogP) is 2.65. The van der Waals surface area contributed by atoms with E-state index in [0.29, 0.717) is 12.8 Å². The van der Waals surface area contributed by atoms with Crippen LogP contribution in [-0.4, -0.2) is 47.8 Å². The van der Waals surface area contributed by atoms with Gasteiger partial charge in [-0.05, 0) is 38.8 Å². The second kappa shape index (κ2) is 10.0. The smallest absolute Gasteiger partial charge is 0.334 e. The maximum atomic E-state index is 12.6. The highest BCUT2D eigenvalue weighted by molar-refractivity contribution is 5.92. The van der Waals surface area contributed by atoms with Crippen molar-refractivity contribution in [3.05, 3.63) is 47.1 Å². The Balaban J connectivity index is 2.34. The van der Waals surface area contributed by atoms with Crippen LogP contribution < -0.4 is 0 Å². The Hall–Kier alpha value is -3.16. The molecule has 1 saturated heterocycles. The molecule has 3 unspecified atom stereocenters. The molecule has 2 rings (SSSR count). The van der Waals surface area contributed by atoms with Crippen LogP contribution in [0.15, 0.2) is 47.1 Å². The summed E-state index contributed by atoms with van der Waals surface area (Å²) < 4.78 is 15.8. The number of fused-ring (bicyclic) bond motifs is 1. The second-order valence-corrected chi connectivity index (χ2v) is 7.34. The van der Waals surface area contributed by atoms with Gasteiger partial charge in [-0.15, -0.1) is 0 Å². The van der Waals surface area contributed by atoms with E-state index in [1.54, 1.807) is 12.2 Å². The number of carbonyl (C=O) groups is 4. The number of rotatable bonds is 5. The largest absolute Gasteiger partial charge is 0.478 e. The summed E-state index contributed by atoms with van der Waals surface area (Å²) in [6, 6.07) is 0. The van der Waals surface area contributed by atoms with E-state index < -0.39 is 42.0 Å². The van der Waals surface area contributed by atoms with E-state index in [2.05, 4.69) is 6.58 Å². The van der Waals surface area contributed by atoms with Crippen LogP contribution in [0.5, 0.6) is 0 Å². The molecule has 8 nitrogen and oxygen atoms in total. The SMILES string of the molecule is C=C1C(=O)OC2C=C(C)CCC=C(C(=O)O)CC(OC(=O)C(C)=CCOC(C)=O)C12. The number of aliphatic carboxylic acids is 1. The van der Waals surface area contributed by atoms with E-state index in [4.69, 9.17) is 14.2 Å². The first-order valence-corrected chi connectivity index (χ1v) is 9.60. The van der Waals surface area contributed by atoms with Gasteiger partial charge in [-0.1, -0.05) is 18.2 Å². The standard InChI is InChI=1S/C22H26O8/c1-12-6-5-7-16(20(24)25)11-18(19-14(3)22(27)30-17(19)10-12)29-21(26)13(2)8-9-28-15(4)23/h7-8,10,17-19H,3,5-6,9,11H2,1-2,4H3,(H,24,25). The summed E-state index contributed by atoms with van der Waals surface area (Å²) in [7, 11) is 0. The number of hydrogen-bond acceptors (Lipinski definition) is 7. The van der Waals surface area contributed by atoms with Crippen LogP contribution in [-0.2, 0) is 33.4 Å². The summed E-state index contributed by atoms with van der Waals surface area (Å²) in [6.45, 7) is 8.29. The topological polar surface area (TPSA) is 116 Å². The fourth-order valence-electron chi connectivity index (χ4n) is 3.33. The van der Waals surface area contributed by atoms with E-state index in [9.17, 15) is 24.3 Å². The van der Waals surface area contributed by atoms with Crippen LogP contribution in [0, 0.1) is 5.92 Å². The lowest BCUT2D eigenvalue weighted by molar-refractivity contribution is -0.148. The van der Waals surface area contributed by atoms with Crippen molar-refractivity contribution in [2.75, 3.05) is 6.61 Å². The Morgan fingerprint density at radius 2 is 2.03 bits per heavy atom. The van der Waals surface area contributed by atoms with E-state index in [0.717, 1.165) is 5.57 Å². The molecule has 30 heavy (non-hydrogen) atoms. The van der Waals surface area contributed by atoms with Crippen LogP contribution in [0.3, 0.4) is 0 Å². The van der Waals surface area contributed by atoms with Crippen molar-refractivity contribution in [2.45, 2.75) is 52.2 Å². The molecule has 0 aromatic rings. The summed E-state index contributed by atoms with van der Waals surface area (Å²) in [5, 5.41) is 9.57. The van der Waals surface area contributed by atoms with Crippen molar-refractivity contribution in [3.8, 4) is 0 Å². The number of ether oxygens (including phenoxy) is 3. The molecule has 0 aromatic heterocycles. The van der Waals surface area contributed by atoms with Crippen LogP contribution in [0.1, 0.15) is 40.0 Å². The summed E-state index contributed by atoms with van der Waals surface area (Å²) in [5.41, 5.74) is 1.34. The Morgan fingerprint density at radius 3 is 2.67 bits per heavy atom. The average molecular weight is 418 g/mol. The van der Waals surface area contributed by atoms with Crippen LogP contribution in [0.25, 0.3) is 0 Å². The van der Waals surface area contributed by atoms with Crippen molar-refractivity contribution in [1.29, 1.82) is 0 Å². The Kier molecular flexibility index (Phi) is 7.74. The molecular weight excluding hydrogens is 392 g/mol. The summed E-state index contributed by atoms with van der Waals surface area (Å²) in [6.07, 6.45) is 4.15. The van der Waals surface area contributed by atoms with Gasteiger partial charge in [-0.2, -0.15) is 0 Å². The molecule has 1 heterocycles. The van der Waals surface area contributed by atoms with Crippen LogP contribution >= 0.6 is 0 Å². The molecule has 0 radical (unpaired) electrons. The maximum absolute atomic E-state index is 12.6. The quantitative estimate of drug-likeness (QED) is 0.313. The highest BCUT2D eigenvalue weighted by atomic mass is 16.6. The van der Waals surface area contributed by atoms with Gasteiger partial charge in [0.15, 0.2) is 0 Å². The molecule has 162 valence electrons. The fraction of sp³-hybridized carbons (Fsp3) is 0.455. The number of hydrogen-bond donors (Lipinski definition) is 1. The molecule has 1 aliphatic heterocycles. The molecule has 0 bridgehead atoms. The number of carboxylic acid groups (broad SMARTS) is 1. The third kappa shape index (κ3) is 5.92. The van der Waals surface area contributed by atoms with Crippen LogP contribution in [0.2, 0.25) is 0 Å². The lowest BCUT2D eigenvalue weighted by atomic mass is 9.85. The van der Waals surface area contributed by atoms with Gasteiger partial charge in [0.1, 0.15) is 18.8 Å². The summed E-state index contributed by atoms with van der Waals surface area (Å²) in [5.74, 6) is -3.62. The molecule has 0 amide bonds. The molecule has 1 fully saturated rings. The maximum Gasteiger partial charge on any atom is 0.334 e. The van der Waals surface area contributed by atoms with Gasteiger partial charge in [0.2, 0.25) is 0 Å². The van der Waals surface area contributed by atoms with E-state index >= 15 is 0 Å². The first kappa shape index (κ1) is 23.1. The van der Waals surface area contributed by atoms with Gasteiger partial charge in [-0.25, -0.2) is 14.4 Å². The molecule has 1 N–H and O–H groups in total. The minimum atomic E-state index is -1.12. The van der Waals surface area contributed by atoms with Crippen molar-refractivity contribution >= 4 is 23.9 Å². The molecule has 3 atom stereocenters. The zero-order valence-electron chi connectivity index (χ0n) is 17.3. The molecule has 0 aromatic carbocycles. The van der Waals surface area contributed by atoms with Crippen molar-refractivity contribution < 1.29 is 38.5 Å². The van der Waals surface area contributed by atoms with Gasteiger partial charge >= 0.3 is 23.9 Å². The molecule has 1 aliphatic carbocycles. The van der Waals surface area contributed by atoms with Crippen LogP contribution in [0.4, 0.5) is 0 Å². The van der Waals surface area contributed by atoms with E-state index in [-0.39, 0.29) is 29.7 Å². The Bertz CT molecular complexity index is 845. The number of esters is 3. The first-order valence-electron chi connectivity index (χ1n) is 9.60. The lowest BCUT2D eigenvalue weighted by Crippen LogP contribution is -2.34. The van der Waals surface area contributed by atoms with Gasteiger partial charge in [-0.3, -0.25) is 4.79 Å². The molecule has 2 aliphatic rings.